The van der Waals surface area contributed by atoms with Crippen molar-refractivity contribution in [2.24, 2.45) is 0 Å². The molecule has 6 nitrogen and oxygen atoms in total. The first-order valence-electron chi connectivity index (χ1n) is 9.16. The molecule has 1 aliphatic heterocycles. The lowest BCUT2D eigenvalue weighted by atomic mass is 10.2. The van der Waals surface area contributed by atoms with Gasteiger partial charge in [0.2, 0.25) is 5.91 Å². The summed E-state index contributed by atoms with van der Waals surface area (Å²) in [7, 11) is 0. The number of benzene rings is 2. The maximum Gasteiger partial charge on any atom is 0.319 e. The molecule has 2 aromatic rings. The molecule has 1 aliphatic rings. The molecule has 8 heteroatoms. The van der Waals surface area contributed by atoms with Gasteiger partial charge >= 0.3 is 6.03 Å². The number of urea groups is 1. The molecule has 0 aromatic heterocycles. The van der Waals surface area contributed by atoms with E-state index in [2.05, 4.69) is 36.8 Å². The van der Waals surface area contributed by atoms with E-state index in [-0.39, 0.29) is 24.6 Å². The summed E-state index contributed by atoms with van der Waals surface area (Å²) in [4.78, 5) is 26.2. The van der Waals surface area contributed by atoms with Crippen molar-refractivity contribution in [2.75, 3.05) is 35.2 Å². The Balaban J connectivity index is 1.49. The minimum Gasteiger partial charge on any atom is -0.370 e. The van der Waals surface area contributed by atoms with E-state index in [1.54, 1.807) is 18.2 Å². The van der Waals surface area contributed by atoms with Crippen LogP contribution in [0.5, 0.6) is 0 Å². The summed E-state index contributed by atoms with van der Waals surface area (Å²) >= 11 is 3.33. The van der Waals surface area contributed by atoms with Gasteiger partial charge in [0, 0.05) is 36.2 Å². The molecule has 28 heavy (non-hydrogen) atoms. The Hall–Kier alpha value is -2.61. The first kappa shape index (κ1) is 20.1. The molecule has 0 spiro atoms. The van der Waals surface area contributed by atoms with E-state index in [1.807, 2.05) is 18.2 Å². The third-order valence-electron chi connectivity index (χ3n) is 4.44. The molecule has 1 saturated heterocycles. The summed E-state index contributed by atoms with van der Waals surface area (Å²) in [5, 5.41) is 7.95. The molecule has 0 atom stereocenters. The molecule has 3 N–H and O–H groups in total. The number of halogens is 2. The number of nitrogens with zero attached hydrogens (tertiary/aromatic N) is 1. The van der Waals surface area contributed by atoms with Crippen LogP contribution in [-0.2, 0) is 4.79 Å². The van der Waals surface area contributed by atoms with Crippen LogP contribution in [-0.4, -0.2) is 31.6 Å². The minimum atomic E-state index is -0.460. The number of carbonyl (C=O) groups excluding carboxylic acids is 2. The van der Waals surface area contributed by atoms with E-state index in [1.165, 1.54) is 6.07 Å². The van der Waals surface area contributed by atoms with Crippen LogP contribution < -0.4 is 20.9 Å². The van der Waals surface area contributed by atoms with E-state index < -0.39 is 11.8 Å². The van der Waals surface area contributed by atoms with Gasteiger partial charge in [0.05, 0.1) is 5.69 Å². The molecule has 1 fully saturated rings. The summed E-state index contributed by atoms with van der Waals surface area (Å²) in [6, 6.07) is 11.5. The lowest BCUT2D eigenvalue weighted by Crippen LogP contribution is -2.31. The second kappa shape index (κ2) is 9.54. The first-order chi connectivity index (χ1) is 13.5. The summed E-state index contributed by atoms with van der Waals surface area (Å²) in [5.74, 6) is -0.812. The Morgan fingerprint density at radius 2 is 1.75 bits per heavy atom. The van der Waals surface area contributed by atoms with Crippen LogP contribution in [0, 0.1) is 5.82 Å². The maximum atomic E-state index is 14.3. The molecule has 0 aliphatic carbocycles. The van der Waals surface area contributed by atoms with Crippen LogP contribution in [0.4, 0.5) is 26.2 Å². The predicted molar refractivity (Wildman–Crippen MR) is 112 cm³/mol. The number of anilines is 3. The Labute approximate surface area is 171 Å². The van der Waals surface area contributed by atoms with E-state index in [0.717, 1.165) is 30.4 Å². The van der Waals surface area contributed by atoms with Gasteiger partial charge in [-0.1, -0.05) is 22.0 Å². The highest BCUT2D eigenvalue weighted by Gasteiger charge is 2.19. The second-order valence-corrected chi connectivity index (χ2v) is 7.43. The SMILES string of the molecule is O=C(CCNC(=O)Nc1ccc(Br)cc1)Nc1c(F)cccc1N1CCCC1. The van der Waals surface area contributed by atoms with E-state index in [4.69, 9.17) is 0 Å². The average molecular weight is 449 g/mol. The fourth-order valence-electron chi connectivity index (χ4n) is 3.06. The molecule has 148 valence electrons. The fourth-order valence-corrected chi connectivity index (χ4v) is 3.32. The molecule has 0 radical (unpaired) electrons. The van der Waals surface area contributed by atoms with E-state index in [9.17, 15) is 14.0 Å². The van der Waals surface area contributed by atoms with Crippen LogP contribution in [0.2, 0.25) is 0 Å². The Morgan fingerprint density at radius 3 is 2.46 bits per heavy atom. The number of hydrogen-bond acceptors (Lipinski definition) is 3. The Kier molecular flexibility index (Phi) is 6.86. The van der Waals surface area contributed by atoms with Crippen molar-refractivity contribution in [1.82, 2.24) is 5.32 Å². The maximum absolute atomic E-state index is 14.3. The largest absolute Gasteiger partial charge is 0.370 e. The van der Waals surface area contributed by atoms with Crippen LogP contribution >= 0.6 is 15.9 Å². The molecule has 3 rings (SSSR count). The topological polar surface area (TPSA) is 73.5 Å². The van der Waals surface area contributed by atoms with Gasteiger partial charge in [-0.25, -0.2) is 9.18 Å². The van der Waals surface area contributed by atoms with Crippen LogP contribution in [0.25, 0.3) is 0 Å². The summed E-state index contributed by atoms with van der Waals surface area (Å²) in [6.45, 7) is 1.84. The highest BCUT2D eigenvalue weighted by molar-refractivity contribution is 9.10. The van der Waals surface area contributed by atoms with Gasteiger partial charge in [-0.05, 0) is 49.2 Å². The number of para-hydroxylation sites is 1. The molecule has 2 aromatic carbocycles. The number of carbonyl (C=O) groups is 2. The first-order valence-corrected chi connectivity index (χ1v) is 9.96. The Bertz CT molecular complexity index is 839. The zero-order valence-corrected chi connectivity index (χ0v) is 16.9. The summed E-state index contributed by atoms with van der Waals surface area (Å²) in [6.07, 6.45) is 2.16. The zero-order chi connectivity index (χ0) is 19.9. The number of nitrogens with one attached hydrogen (secondary N) is 3. The van der Waals surface area contributed by atoms with Gasteiger partial charge in [0.15, 0.2) is 0 Å². The minimum absolute atomic E-state index is 0.0432. The van der Waals surface area contributed by atoms with Crippen molar-refractivity contribution in [2.45, 2.75) is 19.3 Å². The second-order valence-electron chi connectivity index (χ2n) is 6.51. The van der Waals surface area contributed by atoms with Gasteiger partial charge in [-0.15, -0.1) is 0 Å². The number of rotatable bonds is 6. The van der Waals surface area contributed by atoms with Crippen molar-refractivity contribution < 1.29 is 14.0 Å². The van der Waals surface area contributed by atoms with Crippen molar-refractivity contribution in [1.29, 1.82) is 0 Å². The lowest BCUT2D eigenvalue weighted by Gasteiger charge is -2.22. The smallest absolute Gasteiger partial charge is 0.319 e. The van der Waals surface area contributed by atoms with Crippen molar-refractivity contribution in [3.05, 3.63) is 52.8 Å². The lowest BCUT2D eigenvalue weighted by molar-refractivity contribution is -0.116. The zero-order valence-electron chi connectivity index (χ0n) is 15.3. The third kappa shape index (κ3) is 5.45. The number of amides is 3. The molecule has 0 bridgehead atoms. The van der Waals surface area contributed by atoms with Gasteiger partial charge in [0.25, 0.3) is 0 Å². The highest BCUT2D eigenvalue weighted by atomic mass is 79.9. The summed E-state index contributed by atoms with van der Waals surface area (Å²) in [5.41, 5.74) is 1.55. The van der Waals surface area contributed by atoms with Gasteiger partial charge in [0.1, 0.15) is 11.5 Å². The van der Waals surface area contributed by atoms with Gasteiger partial charge in [-0.3, -0.25) is 4.79 Å². The molecule has 0 unspecified atom stereocenters. The van der Waals surface area contributed by atoms with Crippen molar-refractivity contribution >= 4 is 44.9 Å². The average Bonchev–Trinajstić information content (AvgIpc) is 3.20. The third-order valence-corrected chi connectivity index (χ3v) is 4.97. The quantitative estimate of drug-likeness (QED) is 0.615. The normalized spacial score (nSPS) is 13.3. The standard InChI is InChI=1S/C20H22BrFN4O2/c21-14-6-8-15(9-7-14)24-20(28)23-11-10-18(27)25-19-16(22)4-3-5-17(19)26-12-1-2-13-26/h3-9H,1-2,10-13H2,(H,25,27)(H2,23,24,28). The fraction of sp³-hybridized carbons (Fsp3) is 0.300. The highest BCUT2D eigenvalue weighted by Crippen LogP contribution is 2.31. The monoisotopic (exact) mass is 448 g/mol. The predicted octanol–water partition coefficient (Wildman–Crippen LogP) is 4.34. The molecule has 1 heterocycles. The molecular weight excluding hydrogens is 427 g/mol. The Morgan fingerprint density at radius 1 is 1.04 bits per heavy atom. The van der Waals surface area contributed by atoms with E-state index in [0.29, 0.717) is 11.4 Å². The van der Waals surface area contributed by atoms with Crippen molar-refractivity contribution in [3.63, 3.8) is 0 Å². The summed E-state index contributed by atoms with van der Waals surface area (Å²) < 4.78 is 15.2. The molecule has 0 saturated carbocycles. The van der Waals surface area contributed by atoms with Crippen LogP contribution in [0.1, 0.15) is 19.3 Å². The molecule has 3 amide bonds. The van der Waals surface area contributed by atoms with Crippen LogP contribution in [0.15, 0.2) is 46.9 Å². The number of hydrogen-bond donors (Lipinski definition) is 3. The van der Waals surface area contributed by atoms with E-state index >= 15 is 0 Å². The van der Waals surface area contributed by atoms with Gasteiger partial charge in [-0.2, -0.15) is 0 Å². The van der Waals surface area contributed by atoms with Crippen LogP contribution in [0.3, 0.4) is 0 Å². The molecular formula is C20H22BrFN4O2. The van der Waals surface area contributed by atoms with Crippen molar-refractivity contribution in [3.8, 4) is 0 Å². The van der Waals surface area contributed by atoms with Gasteiger partial charge < -0.3 is 20.9 Å².